The smallest absolute Gasteiger partial charge is 0.220 e. The lowest BCUT2D eigenvalue weighted by Crippen LogP contribution is -2.61. The first-order valence-corrected chi connectivity index (χ1v) is 4.19. The summed E-state index contributed by atoms with van der Waals surface area (Å²) < 4.78 is 0. The summed E-state index contributed by atoms with van der Waals surface area (Å²) in [6, 6.07) is 0. The molecule has 3 nitrogen and oxygen atoms in total. The average molecular weight is 155 g/mol. The van der Waals surface area contributed by atoms with Crippen molar-refractivity contribution in [3.05, 3.63) is 0 Å². The van der Waals surface area contributed by atoms with Crippen LogP contribution in [0.1, 0.15) is 32.1 Å². The van der Waals surface area contributed by atoms with Crippen LogP contribution in [0.25, 0.3) is 0 Å². The molecule has 3 heteroatoms. The zero-order valence-corrected chi connectivity index (χ0v) is 6.47. The van der Waals surface area contributed by atoms with E-state index in [9.17, 15) is 4.79 Å². The molecule has 0 aromatic rings. The van der Waals surface area contributed by atoms with Crippen molar-refractivity contribution in [2.24, 2.45) is 0 Å². The van der Waals surface area contributed by atoms with Gasteiger partial charge in [-0.15, -0.1) is 0 Å². The van der Waals surface area contributed by atoms with Crippen LogP contribution in [-0.2, 0) is 4.79 Å². The van der Waals surface area contributed by atoms with Gasteiger partial charge in [0.2, 0.25) is 5.91 Å². The molecule has 2 rings (SSSR count). The van der Waals surface area contributed by atoms with Crippen molar-refractivity contribution in [1.82, 2.24) is 5.32 Å². The maximum atomic E-state index is 11.0. The van der Waals surface area contributed by atoms with Gasteiger partial charge in [-0.1, -0.05) is 0 Å². The van der Waals surface area contributed by atoms with E-state index in [1.807, 2.05) is 0 Å². The van der Waals surface area contributed by atoms with Crippen molar-refractivity contribution in [3.8, 4) is 0 Å². The van der Waals surface area contributed by atoms with E-state index in [0.717, 1.165) is 25.7 Å². The Morgan fingerprint density at radius 2 is 2.27 bits per heavy atom. The molecule has 1 heterocycles. The number of carbonyl (C=O) groups is 1. The molecule has 0 aromatic carbocycles. The second-order valence-electron chi connectivity index (χ2n) is 3.74. The third-order valence-electron chi connectivity index (χ3n) is 2.72. The number of hydrogen-bond acceptors (Lipinski definition) is 2. The number of rotatable bonds is 0. The third kappa shape index (κ3) is 1.13. The normalized spacial score (nSPS) is 43.4. The van der Waals surface area contributed by atoms with Crippen molar-refractivity contribution in [2.75, 3.05) is 0 Å². The summed E-state index contributed by atoms with van der Waals surface area (Å²) in [5, 5.41) is 12.1. The van der Waals surface area contributed by atoms with E-state index in [1.165, 1.54) is 0 Å². The van der Waals surface area contributed by atoms with Crippen LogP contribution >= 0.6 is 0 Å². The number of hydrogen-bond donors (Lipinski definition) is 2. The van der Waals surface area contributed by atoms with Gasteiger partial charge in [0, 0.05) is 12.0 Å². The summed E-state index contributed by atoms with van der Waals surface area (Å²) in [7, 11) is 0. The highest BCUT2D eigenvalue weighted by Crippen LogP contribution is 2.38. The monoisotopic (exact) mass is 155 g/mol. The lowest BCUT2D eigenvalue weighted by molar-refractivity contribution is -0.129. The summed E-state index contributed by atoms with van der Waals surface area (Å²) in [6.07, 6.45) is 4.05. The lowest BCUT2D eigenvalue weighted by Gasteiger charge is -2.48. The second kappa shape index (κ2) is 2.21. The molecular weight excluding hydrogens is 142 g/mol. The highest BCUT2D eigenvalue weighted by molar-refractivity contribution is 5.77. The minimum atomic E-state index is -0.173. The molecule has 2 fully saturated rings. The molecule has 1 aliphatic heterocycles. The van der Waals surface area contributed by atoms with Crippen molar-refractivity contribution >= 4 is 5.91 Å². The van der Waals surface area contributed by atoms with Crippen LogP contribution in [0.3, 0.4) is 0 Å². The zero-order valence-electron chi connectivity index (χ0n) is 6.47. The van der Waals surface area contributed by atoms with Crippen molar-refractivity contribution in [1.29, 1.82) is 0 Å². The van der Waals surface area contributed by atoms with E-state index in [2.05, 4.69) is 5.32 Å². The van der Waals surface area contributed by atoms with Gasteiger partial charge in [-0.25, -0.2) is 0 Å². The number of piperidine rings is 1. The van der Waals surface area contributed by atoms with Crippen LogP contribution in [-0.4, -0.2) is 22.7 Å². The summed E-state index contributed by atoms with van der Waals surface area (Å²) >= 11 is 0. The largest absolute Gasteiger partial charge is 0.393 e. The Hall–Kier alpha value is -0.570. The maximum absolute atomic E-state index is 11.0. The van der Waals surface area contributed by atoms with Gasteiger partial charge >= 0.3 is 0 Å². The maximum Gasteiger partial charge on any atom is 0.220 e. The second-order valence-corrected chi connectivity index (χ2v) is 3.74. The molecule has 62 valence electrons. The summed E-state index contributed by atoms with van der Waals surface area (Å²) in [6.45, 7) is 0. The van der Waals surface area contributed by atoms with E-state index >= 15 is 0 Å². The molecule has 1 spiro atoms. The Balaban J connectivity index is 1.98. The standard InChI is InChI=1S/C8H13NO2/c10-6-4-8(5-6)3-1-2-7(11)9-8/h6,10H,1-5H2,(H,9,11). The van der Waals surface area contributed by atoms with Gasteiger partial charge in [-0.05, 0) is 25.7 Å². The van der Waals surface area contributed by atoms with Gasteiger partial charge in [0.25, 0.3) is 0 Å². The van der Waals surface area contributed by atoms with Crippen LogP contribution in [0.5, 0.6) is 0 Å². The van der Waals surface area contributed by atoms with E-state index in [0.29, 0.717) is 6.42 Å². The molecule has 1 saturated carbocycles. The highest BCUT2D eigenvalue weighted by Gasteiger charge is 2.45. The number of amides is 1. The van der Waals surface area contributed by atoms with Crippen LogP contribution in [0.4, 0.5) is 0 Å². The molecule has 2 aliphatic rings. The first-order chi connectivity index (χ1) is 5.20. The topological polar surface area (TPSA) is 49.3 Å². The molecule has 1 amide bonds. The molecule has 1 saturated heterocycles. The fraction of sp³-hybridized carbons (Fsp3) is 0.875. The number of carbonyl (C=O) groups excluding carboxylic acids is 1. The van der Waals surface area contributed by atoms with Crippen molar-refractivity contribution < 1.29 is 9.90 Å². The molecule has 0 radical (unpaired) electrons. The van der Waals surface area contributed by atoms with E-state index in [4.69, 9.17) is 5.11 Å². The van der Waals surface area contributed by atoms with E-state index < -0.39 is 0 Å². The predicted molar refractivity (Wildman–Crippen MR) is 40.0 cm³/mol. The Labute approximate surface area is 65.8 Å². The minimum absolute atomic E-state index is 0.00521. The number of aliphatic hydroxyl groups excluding tert-OH is 1. The SMILES string of the molecule is O=C1CCCC2(CC(O)C2)N1. The Bertz CT molecular complexity index is 179. The molecule has 0 bridgehead atoms. The van der Waals surface area contributed by atoms with Crippen molar-refractivity contribution in [3.63, 3.8) is 0 Å². The van der Waals surface area contributed by atoms with Crippen molar-refractivity contribution in [2.45, 2.75) is 43.7 Å². The molecular formula is C8H13NO2. The molecule has 1 aliphatic carbocycles. The van der Waals surface area contributed by atoms with E-state index in [1.54, 1.807) is 0 Å². The number of aliphatic hydroxyl groups is 1. The highest BCUT2D eigenvalue weighted by atomic mass is 16.3. The minimum Gasteiger partial charge on any atom is -0.393 e. The van der Waals surface area contributed by atoms with Gasteiger partial charge in [0.05, 0.1) is 6.10 Å². The van der Waals surface area contributed by atoms with Crippen LogP contribution < -0.4 is 5.32 Å². The summed E-state index contributed by atoms with van der Waals surface area (Å²) in [4.78, 5) is 11.0. The summed E-state index contributed by atoms with van der Waals surface area (Å²) in [5.41, 5.74) is -0.00521. The quantitative estimate of drug-likeness (QED) is 0.524. The van der Waals surface area contributed by atoms with Gasteiger partial charge in [0.1, 0.15) is 0 Å². The first kappa shape index (κ1) is 7.10. The molecule has 2 N–H and O–H groups in total. The molecule has 0 atom stereocenters. The number of nitrogens with one attached hydrogen (secondary N) is 1. The van der Waals surface area contributed by atoms with Gasteiger partial charge in [0.15, 0.2) is 0 Å². The fourth-order valence-corrected chi connectivity index (χ4v) is 2.16. The zero-order chi connectivity index (χ0) is 7.90. The van der Waals surface area contributed by atoms with E-state index in [-0.39, 0.29) is 17.6 Å². The predicted octanol–water partition coefficient (Wildman–Crippen LogP) is 0.180. The summed E-state index contributed by atoms with van der Waals surface area (Å²) in [5.74, 6) is 0.156. The van der Waals surface area contributed by atoms with Gasteiger partial charge in [-0.2, -0.15) is 0 Å². The van der Waals surface area contributed by atoms with Gasteiger partial charge in [-0.3, -0.25) is 4.79 Å². The van der Waals surface area contributed by atoms with Crippen LogP contribution in [0.2, 0.25) is 0 Å². The first-order valence-electron chi connectivity index (χ1n) is 4.19. The lowest BCUT2D eigenvalue weighted by atomic mass is 9.69. The Kier molecular flexibility index (Phi) is 1.42. The molecule has 0 unspecified atom stereocenters. The fourth-order valence-electron chi connectivity index (χ4n) is 2.16. The molecule has 11 heavy (non-hydrogen) atoms. The Morgan fingerprint density at radius 1 is 1.55 bits per heavy atom. The van der Waals surface area contributed by atoms with Gasteiger partial charge < -0.3 is 10.4 Å². The Morgan fingerprint density at radius 3 is 2.82 bits per heavy atom. The van der Waals surface area contributed by atoms with Crippen LogP contribution in [0.15, 0.2) is 0 Å². The average Bonchev–Trinajstić information content (AvgIpc) is 1.84. The molecule has 0 aromatic heterocycles. The van der Waals surface area contributed by atoms with Crippen LogP contribution in [0, 0.1) is 0 Å². The third-order valence-corrected chi connectivity index (χ3v) is 2.72.